The van der Waals surface area contributed by atoms with Crippen LogP contribution < -0.4 is 0 Å². The number of hydrogen-bond donors (Lipinski definition) is 0. The van der Waals surface area contributed by atoms with Gasteiger partial charge in [-0.2, -0.15) is 0 Å². The number of rotatable bonds is 2. The largest absolute Gasteiger partial charge is 0.245 e. The summed E-state index contributed by atoms with van der Waals surface area (Å²) in [4.78, 5) is 9.70. The van der Waals surface area contributed by atoms with Gasteiger partial charge in [0.1, 0.15) is 5.84 Å². The van der Waals surface area contributed by atoms with Gasteiger partial charge in [0.2, 0.25) is 0 Å². The second kappa shape index (κ2) is 6.38. The number of nitrogens with zero attached hydrogens (tertiary/aromatic N) is 2. The van der Waals surface area contributed by atoms with Crippen LogP contribution in [0.25, 0.3) is 0 Å². The van der Waals surface area contributed by atoms with E-state index in [1.54, 1.807) is 0 Å². The third kappa shape index (κ3) is 3.15. The normalized spacial score (nSPS) is 30.6. The molecule has 0 aromatic heterocycles. The molecule has 3 rings (SSSR count). The maximum absolute atomic E-state index is 5.01. The summed E-state index contributed by atoms with van der Waals surface area (Å²) in [5.74, 6) is 1.90. The smallest absolute Gasteiger partial charge is 0.131 e. The monoisotopic (exact) mass is 280 g/mol. The first-order valence-corrected chi connectivity index (χ1v) is 8.04. The van der Waals surface area contributed by atoms with Crippen molar-refractivity contribution in [1.29, 1.82) is 0 Å². The average Bonchev–Trinajstić information content (AvgIpc) is 2.93. The van der Waals surface area contributed by atoms with E-state index in [1.807, 2.05) is 0 Å². The highest BCUT2D eigenvalue weighted by Crippen LogP contribution is 2.34. The van der Waals surface area contributed by atoms with Gasteiger partial charge in [0.05, 0.1) is 0 Å². The average molecular weight is 280 g/mol. The van der Waals surface area contributed by atoms with Crippen LogP contribution in [0.1, 0.15) is 45.4 Å². The van der Waals surface area contributed by atoms with Gasteiger partial charge in [-0.15, -0.1) is 6.58 Å². The van der Waals surface area contributed by atoms with E-state index < -0.39 is 0 Å². The molecule has 0 spiro atoms. The molecule has 110 valence electrons. The summed E-state index contributed by atoms with van der Waals surface area (Å²) in [6.45, 7) is 6.26. The molecule has 3 aliphatic rings. The van der Waals surface area contributed by atoms with Gasteiger partial charge in [-0.25, -0.2) is 9.98 Å². The van der Waals surface area contributed by atoms with Crippen molar-refractivity contribution in [3.05, 3.63) is 47.7 Å². The third-order valence-corrected chi connectivity index (χ3v) is 4.65. The van der Waals surface area contributed by atoms with Gasteiger partial charge < -0.3 is 0 Å². The van der Waals surface area contributed by atoms with Crippen LogP contribution in [0.2, 0.25) is 0 Å². The van der Waals surface area contributed by atoms with Crippen LogP contribution in [0.15, 0.2) is 57.7 Å². The van der Waals surface area contributed by atoms with E-state index in [0.29, 0.717) is 11.8 Å². The summed E-state index contributed by atoms with van der Waals surface area (Å²) >= 11 is 0. The Hall–Kier alpha value is -1.70. The van der Waals surface area contributed by atoms with Gasteiger partial charge in [0.25, 0.3) is 0 Å². The van der Waals surface area contributed by atoms with E-state index in [4.69, 9.17) is 9.98 Å². The predicted octanol–water partition coefficient (Wildman–Crippen LogP) is 5.01. The lowest BCUT2D eigenvalue weighted by atomic mass is 9.89. The molecular weight excluding hydrogens is 256 g/mol. The van der Waals surface area contributed by atoms with Crippen molar-refractivity contribution in [2.24, 2.45) is 21.8 Å². The molecule has 0 amide bonds. The zero-order chi connectivity index (χ0) is 14.7. The molecule has 0 aromatic carbocycles. The van der Waals surface area contributed by atoms with Crippen LogP contribution in [0.5, 0.6) is 0 Å². The van der Waals surface area contributed by atoms with E-state index in [0.717, 1.165) is 44.4 Å². The zero-order valence-corrected chi connectivity index (χ0v) is 12.9. The Morgan fingerprint density at radius 2 is 2.05 bits per heavy atom. The van der Waals surface area contributed by atoms with Crippen LogP contribution in [-0.4, -0.2) is 12.1 Å². The van der Waals surface area contributed by atoms with Gasteiger partial charge >= 0.3 is 0 Å². The molecule has 21 heavy (non-hydrogen) atoms. The van der Waals surface area contributed by atoms with Crippen molar-refractivity contribution in [2.45, 2.75) is 45.4 Å². The maximum atomic E-state index is 5.01. The van der Waals surface area contributed by atoms with Gasteiger partial charge in [0, 0.05) is 23.7 Å². The van der Waals surface area contributed by atoms with Crippen molar-refractivity contribution in [1.82, 2.24) is 0 Å². The number of allylic oxidation sites excluding steroid dienone is 7. The highest BCUT2D eigenvalue weighted by molar-refractivity contribution is 5.93. The molecule has 0 bridgehead atoms. The standard InChI is InChI=1S/C19H24N2/c1-3-15-11-12-20-19(16-8-4-5-9-16)21-18-10-6-7-14(2)13-17(15)18/h3-5,7,12,15-16H,1,6,8-11,13H2,2H3/b20-12+,21-19-. The molecule has 2 heteroatoms. The quantitative estimate of drug-likeness (QED) is 0.635. The molecule has 1 atom stereocenters. The molecule has 0 aromatic rings. The van der Waals surface area contributed by atoms with Gasteiger partial charge in [-0.3, -0.25) is 0 Å². The van der Waals surface area contributed by atoms with E-state index in [-0.39, 0.29) is 0 Å². The second-order valence-electron chi connectivity index (χ2n) is 6.24. The molecule has 1 unspecified atom stereocenters. The molecule has 0 fully saturated rings. The van der Waals surface area contributed by atoms with E-state index in [9.17, 15) is 0 Å². The van der Waals surface area contributed by atoms with E-state index >= 15 is 0 Å². The van der Waals surface area contributed by atoms with Crippen LogP contribution in [-0.2, 0) is 0 Å². The molecule has 1 aliphatic heterocycles. The first-order valence-electron chi connectivity index (χ1n) is 8.04. The number of aliphatic imine (C=N–C) groups is 2. The molecular formula is C19H24N2. The number of amidine groups is 1. The first kappa shape index (κ1) is 14.2. The first-order chi connectivity index (χ1) is 10.3. The summed E-state index contributed by atoms with van der Waals surface area (Å²) in [6.07, 6.45) is 17.3. The molecule has 0 radical (unpaired) electrons. The summed E-state index contributed by atoms with van der Waals surface area (Å²) in [5.41, 5.74) is 4.20. The minimum atomic E-state index is 0.386. The molecule has 2 nitrogen and oxygen atoms in total. The lowest BCUT2D eigenvalue weighted by molar-refractivity contribution is 0.724. The molecule has 2 aliphatic carbocycles. The fourth-order valence-electron chi connectivity index (χ4n) is 3.40. The SMILES string of the molecule is C=CC1C/C=N/C(C2CC=CC2)=N\C2=C1CC(C)=CCC2. The molecule has 0 saturated carbocycles. The van der Waals surface area contributed by atoms with E-state index in [2.05, 4.69) is 44.0 Å². The summed E-state index contributed by atoms with van der Waals surface area (Å²) in [6, 6.07) is 0. The molecule has 0 N–H and O–H groups in total. The minimum Gasteiger partial charge on any atom is -0.245 e. The Bertz CT molecular complexity index is 564. The van der Waals surface area contributed by atoms with Crippen molar-refractivity contribution < 1.29 is 0 Å². The summed E-state index contributed by atoms with van der Waals surface area (Å²) < 4.78 is 0. The highest BCUT2D eigenvalue weighted by atomic mass is 14.9. The van der Waals surface area contributed by atoms with Crippen LogP contribution in [0, 0.1) is 11.8 Å². The van der Waals surface area contributed by atoms with E-state index in [1.165, 1.54) is 16.8 Å². The van der Waals surface area contributed by atoms with Crippen molar-refractivity contribution in [2.75, 3.05) is 0 Å². The maximum Gasteiger partial charge on any atom is 0.131 e. The topological polar surface area (TPSA) is 24.7 Å². The Labute approximate surface area is 127 Å². The molecule has 1 heterocycles. The fraction of sp³-hybridized carbons (Fsp3) is 0.474. The Balaban J connectivity index is 1.99. The Morgan fingerprint density at radius 1 is 1.24 bits per heavy atom. The second-order valence-corrected chi connectivity index (χ2v) is 6.24. The highest BCUT2D eigenvalue weighted by Gasteiger charge is 2.23. The van der Waals surface area contributed by atoms with Crippen molar-refractivity contribution >= 4 is 12.1 Å². The number of hydrogen-bond acceptors (Lipinski definition) is 2. The third-order valence-electron chi connectivity index (χ3n) is 4.65. The fourth-order valence-corrected chi connectivity index (χ4v) is 3.40. The summed E-state index contributed by atoms with van der Waals surface area (Å²) in [7, 11) is 0. The minimum absolute atomic E-state index is 0.386. The van der Waals surface area contributed by atoms with Crippen LogP contribution in [0.3, 0.4) is 0 Å². The van der Waals surface area contributed by atoms with Crippen LogP contribution in [0.4, 0.5) is 0 Å². The lowest BCUT2D eigenvalue weighted by Crippen LogP contribution is -2.14. The molecule has 0 saturated heterocycles. The predicted molar refractivity (Wildman–Crippen MR) is 90.7 cm³/mol. The van der Waals surface area contributed by atoms with Gasteiger partial charge in [-0.1, -0.05) is 29.9 Å². The Kier molecular flexibility index (Phi) is 4.33. The Morgan fingerprint density at radius 3 is 2.81 bits per heavy atom. The summed E-state index contributed by atoms with van der Waals surface area (Å²) in [5, 5.41) is 0. The van der Waals surface area contributed by atoms with Gasteiger partial charge in [0.15, 0.2) is 0 Å². The van der Waals surface area contributed by atoms with Gasteiger partial charge in [-0.05, 0) is 51.0 Å². The lowest BCUT2D eigenvalue weighted by Gasteiger charge is -2.21. The zero-order valence-electron chi connectivity index (χ0n) is 12.9. The van der Waals surface area contributed by atoms with Crippen molar-refractivity contribution in [3.8, 4) is 0 Å². The van der Waals surface area contributed by atoms with Crippen LogP contribution >= 0.6 is 0 Å². The van der Waals surface area contributed by atoms with Crippen molar-refractivity contribution in [3.63, 3.8) is 0 Å².